The Morgan fingerprint density at radius 2 is 1.62 bits per heavy atom. The van der Waals surface area contributed by atoms with Crippen molar-refractivity contribution in [3.05, 3.63) is 0 Å². The minimum Gasteiger partial charge on any atom is -0.315 e. The molecule has 0 spiro atoms. The summed E-state index contributed by atoms with van der Waals surface area (Å²) < 4.78 is 0. The van der Waals surface area contributed by atoms with Gasteiger partial charge in [0, 0.05) is 31.2 Å². The number of likely N-dealkylation sites (tertiary alicyclic amines) is 1. The van der Waals surface area contributed by atoms with E-state index in [1.807, 2.05) is 0 Å². The molecular formula is C20H40N4. The molecule has 140 valence electrons. The van der Waals surface area contributed by atoms with E-state index in [2.05, 4.69) is 41.2 Å². The van der Waals surface area contributed by atoms with Crippen molar-refractivity contribution in [3.63, 3.8) is 0 Å². The highest BCUT2D eigenvalue weighted by Crippen LogP contribution is 2.28. The monoisotopic (exact) mass is 336 g/mol. The number of piperidine rings is 2. The van der Waals surface area contributed by atoms with Crippen molar-refractivity contribution in [2.75, 3.05) is 53.9 Å². The van der Waals surface area contributed by atoms with Crippen LogP contribution in [0.4, 0.5) is 0 Å². The Hall–Kier alpha value is -0.160. The van der Waals surface area contributed by atoms with Crippen LogP contribution in [0.5, 0.6) is 0 Å². The molecule has 3 rings (SSSR count). The minimum absolute atomic E-state index is 0.732. The van der Waals surface area contributed by atoms with Gasteiger partial charge in [0.1, 0.15) is 0 Å². The summed E-state index contributed by atoms with van der Waals surface area (Å²) in [5.74, 6) is 0.836. The smallest absolute Gasteiger partial charge is 0.0261 e. The van der Waals surface area contributed by atoms with Gasteiger partial charge < -0.3 is 15.1 Å². The first-order chi connectivity index (χ1) is 11.6. The molecule has 3 fully saturated rings. The van der Waals surface area contributed by atoms with Crippen LogP contribution in [-0.4, -0.2) is 86.7 Å². The second-order valence-electron chi connectivity index (χ2n) is 8.75. The Labute approximate surface area is 149 Å². The fourth-order valence-corrected chi connectivity index (χ4v) is 5.30. The molecule has 2 saturated heterocycles. The van der Waals surface area contributed by atoms with E-state index in [0.717, 1.165) is 24.0 Å². The molecule has 2 aliphatic heterocycles. The molecule has 4 heteroatoms. The van der Waals surface area contributed by atoms with E-state index in [9.17, 15) is 0 Å². The van der Waals surface area contributed by atoms with Crippen molar-refractivity contribution in [2.24, 2.45) is 5.92 Å². The van der Waals surface area contributed by atoms with Crippen LogP contribution in [-0.2, 0) is 0 Å². The first-order valence-electron chi connectivity index (χ1n) is 10.5. The summed E-state index contributed by atoms with van der Waals surface area (Å²) in [6, 6.07) is 2.37. The fourth-order valence-electron chi connectivity index (χ4n) is 5.30. The van der Waals surface area contributed by atoms with E-state index >= 15 is 0 Å². The zero-order chi connectivity index (χ0) is 16.9. The van der Waals surface area contributed by atoms with Gasteiger partial charge in [-0.3, -0.25) is 4.90 Å². The number of nitrogens with one attached hydrogen (secondary N) is 1. The predicted octanol–water partition coefficient (Wildman–Crippen LogP) is 2.26. The summed E-state index contributed by atoms with van der Waals surface area (Å²) in [5, 5.41) is 3.68. The van der Waals surface area contributed by atoms with Crippen LogP contribution >= 0.6 is 0 Å². The molecule has 0 radical (unpaired) electrons. The topological polar surface area (TPSA) is 21.8 Å². The normalized spacial score (nSPS) is 31.9. The van der Waals surface area contributed by atoms with Crippen molar-refractivity contribution >= 4 is 0 Å². The van der Waals surface area contributed by atoms with Crippen LogP contribution in [0.1, 0.15) is 51.4 Å². The zero-order valence-electron chi connectivity index (χ0n) is 16.3. The lowest BCUT2D eigenvalue weighted by molar-refractivity contribution is 0.0493. The molecule has 1 saturated carbocycles. The lowest BCUT2D eigenvalue weighted by Crippen LogP contribution is -2.56. The van der Waals surface area contributed by atoms with Gasteiger partial charge in [0.05, 0.1) is 0 Å². The van der Waals surface area contributed by atoms with Crippen molar-refractivity contribution in [1.29, 1.82) is 0 Å². The molecule has 2 unspecified atom stereocenters. The van der Waals surface area contributed by atoms with Gasteiger partial charge in [0.2, 0.25) is 0 Å². The van der Waals surface area contributed by atoms with Crippen molar-refractivity contribution in [1.82, 2.24) is 20.0 Å². The zero-order valence-corrected chi connectivity index (χ0v) is 16.3. The maximum Gasteiger partial charge on any atom is 0.0261 e. The molecule has 2 heterocycles. The van der Waals surface area contributed by atoms with Gasteiger partial charge in [0.25, 0.3) is 0 Å². The van der Waals surface area contributed by atoms with E-state index < -0.39 is 0 Å². The van der Waals surface area contributed by atoms with E-state index in [0.29, 0.717) is 0 Å². The van der Waals surface area contributed by atoms with Gasteiger partial charge in [-0.25, -0.2) is 0 Å². The molecule has 24 heavy (non-hydrogen) atoms. The van der Waals surface area contributed by atoms with Gasteiger partial charge >= 0.3 is 0 Å². The number of hydrogen-bond acceptors (Lipinski definition) is 4. The number of likely N-dealkylation sites (N-methyl/N-ethyl adjacent to an activating group) is 1. The van der Waals surface area contributed by atoms with Crippen LogP contribution in [0.25, 0.3) is 0 Å². The summed E-state index contributed by atoms with van der Waals surface area (Å²) in [4.78, 5) is 7.94. The average Bonchev–Trinajstić information content (AvgIpc) is 2.63. The van der Waals surface area contributed by atoms with E-state index in [1.165, 1.54) is 84.1 Å². The van der Waals surface area contributed by atoms with Crippen LogP contribution in [0.2, 0.25) is 0 Å². The lowest BCUT2D eigenvalue weighted by atomic mass is 9.86. The first-order valence-corrected chi connectivity index (χ1v) is 10.5. The van der Waals surface area contributed by atoms with Gasteiger partial charge in [-0.2, -0.15) is 0 Å². The maximum atomic E-state index is 3.68. The van der Waals surface area contributed by atoms with Crippen LogP contribution < -0.4 is 5.32 Å². The van der Waals surface area contributed by atoms with Crippen LogP contribution in [0.15, 0.2) is 0 Å². The second-order valence-corrected chi connectivity index (χ2v) is 8.75. The summed E-state index contributed by atoms with van der Waals surface area (Å²) in [7, 11) is 7.06. The second kappa shape index (κ2) is 8.98. The third-order valence-corrected chi connectivity index (χ3v) is 7.10. The van der Waals surface area contributed by atoms with Crippen molar-refractivity contribution in [2.45, 2.75) is 69.5 Å². The number of nitrogens with zero attached hydrogens (tertiary/aromatic N) is 3. The molecular weight excluding hydrogens is 296 g/mol. The Kier molecular flexibility index (Phi) is 6.97. The fraction of sp³-hybridized carbons (Fsp3) is 1.00. The summed E-state index contributed by atoms with van der Waals surface area (Å²) >= 11 is 0. The van der Waals surface area contributed by atoms with E-state index in [1.54, 1.807) is 0 Å². The van der Waals surface area contributed by atoms with Gasteiger partial charge in [-0.1, -0.05) is 19.3 Å². The Morgan fingerprint density at radius 3 is 2.33 bits per heavy atom. The molecule has 4 nitrogen and oxygen atoms in total. The SMILES string of the molecule is CN1CCC(N(C)CC2CCNCC2N(C)C2CCCCC2)CC1. The highest BCUT2D eigenvalue weighted by molar-refractivity contribution is 4.90. The minimum atomic E-state index is 0.732. The lowest BCUT2D eigenvalue weighted by Gasteiger charge is -2.45. The highest BCUT2D eigenvalue weighted by atomic mass is 15.2. The number of hydrogen-bond donors (Lipinski definition) is 1. The molecule has 2 atom stereocenters. The molecule has 1 N–H and O–H groups in total. The maximum absolute atomic E-state index is 3.68. The Balaban J connectivity index is 1.55. The molecule has 0 aromatic rings. The van der Waals surface area contributed by atoms with Gasteiger partial charge in [-0.15, -0.1) is 0 Å². The van der Waals surface area contributed by atoms with Crippen LogP contribution in [0.3, 0.4) is 0 Å². The highest BCUT2D eigenvalue weighted by Gasteiger charge is 2.34. The van der Waals surface area contributed by atoms with Gasteiger partial charge in [-0.05, 0) is 78.8 Å². The average molecular weight is 337 g/mol. The standard InChI is InChI=1S/C20H40N4/c1-22-13-10-18(11-14-22)23(2)16-17-9-12-21-15-20(17)24(3)19-7-5-4-6-8-19/h17-21H,4-16H2,1-3H3. The third-order valence-electron chi connectivity index (χ3n) is 7.10. The van der Waals surface area contributed by atoms with Crippen LogP contribution in [0, 0.1) is 5.92 Å². The summed E-state index contributed by atoms with van der Waals surface area (Å²) in [6.45, 7) is 6.23. The third kappa shape index (κ3) is 4.72. The van der Waals surface area contributed by atoms with E-state index in [-0.39, 0.29) is 0 Å². The molecule has 1 aliphatic carbocycles. The Bertz CT molecular complexity index is 361. The largest absolute Gasteiger partial charge is 0.315 e. The molecule has 0 amide bonds. The summed E-state index contributed by atoms with van der Waals surface area (Å²) in [5.41, 5.74) is 0. The summed E-state index contributed by atoms with van der Waals surface area (Å²) in [6.07, 6.45) is 11.2. The van der Waals surface area contributed by atoms with Gasteiger partial charge in [0.15, 0.2) is 0 Å². The molecule has 0 aromatic heterocycles. The molecule has 0 aromatic carbocycles. The van der Waals surface area contributed by atoms with Crippen molar-refractivity contribution in [3.8, 4) is 0 Å². The number of rotatable bonds is 5. The molecule has 0 bridgehead atoms. The first kappa shape index (κ1) is 18.6. The Morgan fingerprint density at radius 1 is 0.917 bits per heavy atom. The van der Waals surface area contributed by atoms with E-state index in [4.69, 9.17) is 0 Å². The quantitative estimate of drug-likeness (QED) is 0.831. The van der Waals surface area contributed by atoms with Crippen molar-refractivity contribution < 1.29 is 0 Å². The predicted molar refractivity (Wildman–Crippen MR) is 103 cm³/mol. The molecule has 3 aliphatic rings.